The van der Waals surface area contributed by atoms with Gasteiger partial charge in [-0.25, -0.2) is 18.1 Å². The van der Waals surface area contributed by atoms with E-state index in [1.54, 1.807) is 12.1 Å². The molecule has 2 rings (SSSR count). The van der Waals surface area contributed by atoms with Gasteiger partial charge in [-0.3, -0.25) is 5.10 Å². The van der Waals surface area contributed by atoms with E-state index in [0.717, 1.165) is 5.56 Å². The van der Waals surface area contributed by atoms with Crippen LogP contribution in [-0.2, 0) is 16.6 Å². The zero-order chi connectivity index (χ0) is 15.5. The summed E-state index contributed by atoms with van der Waals surface area (Å²) in [4.78, 5) is 4.05. The quantitative estimate of drug-likeness (QED) is 0.840. The molecule has 1 aromatic heterocycles. The lowest BCUT2D eigenvalue weighted by atomic mass is 10.2. The largest absolute Gasteiger partial charge is 0.491 e. The van der Waals surface area contributed by atoms with E-state index in [0.29, 0.717) is 11.6 Å². The predicted molar refractivity (Wildman–Crippen MR) is 77.4 cm³/mol. The Morgan fingerprint density at radius 3 is 2.71 bits per heavy atom. The molecule has 0 saturated carbocycles. The summed E-state index contributed by atoms with van der Waals surface area (Å²) in [7, 11) is -3.60. The van der Waals surface area contributed by atoms with Crippen molar-refractivity contribution in [1.29, 1.82) is 0 Å². The molecule has 0 fully saturated rings. The molecule has 0 aliphatic rings. The topological polar surface area (TPSA) is 97.0 Å². The number of hydrogen-bond donors (Lipinski definition) is 2. The second-order valence-corrected chi connectivity index (χ2v) is 6.62. The van der Waals surface area contributed by atoms with Crippen LogP contribution in [0.2, 0.25) is 0 Å². The Labute approximate surface area is 123 Å². The summed E-state index contributed by atoms with van der Waals surface area (Å²) >= 11 is 0. The molecule has 2 N–H and O–H groups in total. The van der Waals surface area contributed by atoms with Crippen LogP contribution in [0.1, 0.15) is 25.2 Å². The molecule has 0 bridgehead atoms. The van der Waals surface area contributed by atoms with Gasteiger partial charge in [0.2, 0.25) is 10.0 Å². The molecular weight excluding hydrogens is 292 g/mol. The SMILES string of the molecule is Cc1cc(S(=O)(=O)NCc2ncn[nH]2)ccc1OC(C)C. The van der Waals surface area contributed by atoms with E-state index >= 15 is 0 Å². The van der Waals surface area contributed by atoms with E-state index < -0.39 is 10.0 Å². The Morgan fingerprint density at radius 1 is 1.38 bits per heavy atom. The highest BCUT2D eigenvalue weighted by Gasteiger charge is 2.16. The zero-order valence-corrected chi connectivity index (χ0v) is 12.9. The molecule has 7 nitrogen and oxygen atoms in total. The monoisotopic (exact) mass is 310 g/mol. The maximum absolute atomic E-state index is 12.2. The summed E-state index contributed by atoms with van der Waals surface area (Å²) in [5, 5.41) is 6.26. The molecular formula is C13H18N4O3S. The van der Waals surface area contributed by atoms with Crippen LogP contribution in [0.25, 0.3) is 0 Å². The van der Waals surface area contributed by atoms with Crippen molar-refractivity contribution in [2.45, 2.75) is 38.3 Å². The first-order valence-electron chi connectivity index (χ1n) is 6.49. The molecule has 1 aromatic carbocycles. The first-order valence-corrected chi connectivity index (χ1v) is 7.98. The Bertz CT molecular complexity index is 696. The highest BCUT2D eigenvalue weighted by atomic mass is 32.2. The fraction of sp³-hybridized carbons (Fsp3) is 0.385. The average Bonchev–Trinajstić information content (AvgIpc) is 2.91. The van der Waals surface area contributed by atoms with Gasteiger partial charge in [-0.05, 0) is 44.5 Å². The molecule has 1 heterocycles. The van der Waals surface area contributed by atoms with E-state index in [4.69, 9.17) is 4.74 Å². The van der Waals surface area contributed by atoms with Gasteiger partial charge >= 0.3 is 0 Å². The standard InChI is InChI=1S/C13H18N4O3S/c1-9(2)20-12-5-4-11(6-10(12)3)21(18,19)16-7-13-14-8-15-17-13/h4-6,8-9,16H,7H2,1-3H3,(H,14,15,17). The number of H-pyrrole nitrogens is 1. The van der Waals surface area contributed by atoms with E-state index in [-0.39, 0.29) is 17.5 Å². The predicted octanol–water partition coefficient (Wildman–Crippen LogP) is 1.38. The molecule has 0 atom stereocenters. The van der Waals surface area contributed by atoms with Gasteiger partial charge in [-0.15, -0.1) is 0 Å². The number of ether oxygens (including phenoxy) is 1. The first kappa shape index (κ1) is 15.5. The highest BCUT2D eigenvalue weighted by molar-refractivity contribution is 7.89. The average molecular weight is 310 g/mol. The molecule has 0 radical (unpaired) electrons. The van der Waals surface area contributed by atoms with E-state index in [1.807, 2.05) is 20.8 Å². The Morgan fingerprint density at radius 2 is 2.14 bits per heavy atom. The van der Waals surface area contributed by atoms with Crippen LogP contribution in [0, 0.1) is 6.92 Å². The second kappa shape index (κ2) is 6.23. The molecule has 0 saturated heterocycles. The maximum Gasteiger partial charge on any atom is 0.240 e. The smallest absolute Gasteiger partial charge is 0.240 e. The number of aromatic nitrogens is 3. The van der Waals surface area contributed by atoms with E-state index in [1.165, 1.54) is 12.4 Å². The number of hydrogen-bond acceptors (Lipinski definition) is 5. The number of benzene rings is 1. The van der Waals surface area contributed by atoms with Gasteiger partial charge in [0, 0.05) is 0 Å². The van der Waals surface area contributed by atoms with Crippen molar-refractivity contribution in [2.75, 3.05) is 0 Å². The van der Waals surface area contributed by atoms with Crippen molar-refractivity contribution in [2.24, 2.45) is 0 Å². The summed E-state index contributed by atoms with van der Waals surface area (Å²) in [6.07, 6.45) is 1.36. The van der Waals surface area contributed by atoms with Crippen LogP contribution in [0.15, 0.2) is 29.4 Å². The Kier molecular flexibility index (Phi) is 4.59. The summed E-state index contributed by atoms with van der Waals surface area (Å²) in [6, 6.07) is 4.77. The van der Waals surface area contributed by atoms with Crippen molar-refractivity contribution in [3.05, 3.63) is 35.9 Å². The van der Waals surface area contributed by atoms with Crippen LogP contribution in [0.3, 0.4) is 0 Å². The lowest BCUT2D eigenvalue weighted by Gasteiger charge is -2.13. The molecule has 0 aliphatic carbocycles. The van der Waals surface area contributed by atoms with Crippen LogP contribution in [-0.4, -0.2) is 29.7 Å². The number of aryl methyl sites for hydroxylation is 1. The van der Waals surface area contributed by atoms with Gasteiger partial charge in [0.05, 0.1) is 17.5 Å². The van der Waals surface area contributed by atoms with Crippen LogP contribution >= 0.6 is 0 Å². The Balaban J connectivity index is 2.14. The van der Waals surface area contributed by atoms with Gasteiger partial charge in [0.1, 0.15) is 17.9 Å². The van der Waals surface area contributed by atoms with Gasteiger partial charge in [0.15, 0.2) is 0 Å². The highest BCUT2D eigenvalue weighted by Crippen LogP contribution is 2.22. The molecule has 0 amide bonds. The first-order chi connectivity index (χ1) is 9.88. The van der Waals surface area contributed by atoms with Crippen molar-refractivity contribution in [3.63, 3.8) is 0 Å². The summed E-state index contributed by atoms with van der Waals surface area (Å²) in [5.41, 5.74) is 0.770. The lowest BCUT2D eigenvalue weighted by molar-refractivity contribution is 0.240. The van der Waals surface area contributed by atoms with E-state index in [2.05, 4.69) is 19.9 Å². The minimum Gasteiger partial charge on any atom is -0.491 e. The third-order valence-corrected chi connectivity index (χ3v) is 4.11. The number of aromatic amines is 1. The number of nitrogens with one attached hydrogen (secondary N) is 2. The summed E-state index contributed by atoms with van der Waals surface area (Å²) in [6.45, 7) is 5.71. The third-order valence-electron chi connectivity index (χ3n) is 2.71. The zero-order valence-electron chi connectivity index (χ0n) is 12.1. The minimum absolute atomic E-state index is 0.0377. The fourth-order valence-electron chi connectivity index (χ4n) is 1.74. The van der Waals surface area contributed by atoms with Crippen LogP contribution in [0.5, 0.6) is 5.75 Å². The second-order valence-electron chi connectivity index (χ2n) is 4.85. The van der Waals surface area contributed by atoms with Gasteiger partial charge in [0.25, 0.3) is 0 Å². The van der Waals surface area contributed by atoms with Crippen molar-refractivity contribution in [1.82, 2.24) is 19.9 Å². The third kappa shape index (κ3) is 4.02. The molecule has 8 heteroatoms. The van der Waals surface area contributed by atoms with Gasteiger partial charge in [-0.2, -0.15) is 5.10 Å². The number of sulfonamides is 1. The molecule has 0 aliphatic heterocycles. The maximum atomic E-state index is 12.2. The normalized spacial score (nSPS) is 11.8. The molecule has 0 unspecified atom stereocenters. The van der Waals surface area contributed by atoms with E-state index in [9.17, 15) is 8.42 Å². The van der Waals surface area contributed by atoms with Crippen LogP contribution < -0.4 is 9.46 Å². The molecule has 2 aromatic rings. The van der Waals surface area contributed by atoms with Gasteiger partial charge < -0.3 is 4.74 Å². The molecule has 21 heavy (non-hydrogen) atoms. The molecule has 0 spiro atoms. The van der Waals surface area contributed by atoms with Crippen LogP contribution in [0.4, 0.5) is 0 Å². The van der Waals surface area contributed by atoms with Crippen molar-refractivity contribution < 1.29 is 13.2 Å². The van der Waals surface area contributed by atoms with Crippen molar-refractivity contribution >= 4 is 10.0 Å². The number of nitrogens with zero attached hydrogens (tertiary/aromatic N) is 2. The fourth-order valence-corrected chi connectivity index (χ4v) is 2.81. The summed E-state index contributed by atoms with van der Waals surface area (Å²) < 4.78 is 32.5. The number of rotatable bonds is 6. The summed E-state index contributed by atoms with van der Waals surface area (Å²) in [5.74, 6) is 1.13. The Hall–Kier alpha value is -1.93. The lowest BCUT2D eigenvalue weighted by Crippen LogP contribution is -2.24. The van der Waals surface area contributed by atoms with Crippen molar-refractivity contribution in [3.8, 4) is 5.75 Å². The molecule has 114 valence electrons. The van der Waals surface area contributed by atoms with Gasteiger partial charge in [-0.1, -0.05) is 0 Å². The minimum atomic E-state index is -3.60.